The average molecular weight is 416 g/mol. The first kappa shape index (κ1) is 21.1. The number of ketones is 1. The molecule has 0 radical (unpaired) electrons. The maximum atomic E-state index is 13.5. The SMILES string of the molecule is CCN(CC)CCCOc1cccc2c1C(C)(C)c1[nH]c3cc(C#N)ccc3c1C2=O. The molecule has 0 saturated carbocycles. The van der Waals surface area contributed by atoms with E-state index in [2.05, 4.69) is 43.6 Å². The number of hydrogen-bond acceptors (Lipinski definition) is 4. The van der Waals surface area contributed by atoms with Gasteiger partial charge in [0.2, 0.25) is 0 Å². The molecule has 0 saturated heterocycles. The second kappa shape index (κ2) is 8.20. The fraction of sp³-hybridized carbons (Fsp3) is 0.385. The van der Waals surface area contributed by atoms with Crippen LogP contribution in [0.4, 0.5) is 0 Å². The molecular formula is C26H29N3O2. The van der Waals surface area contributed by atoms with E-state index < -0.39 is 5.41 Å². The van der Waals surface area contributed by atoms with Crippen molar-refractivity contribution in [1.29, 1.82) is 5.26 Å². The zero-order valence-electron chi connectivity index (χ0n) is 18.7. The Labute approximate surface area is 183 Å². The third kappa shape index (κ3) is 3.51. The first-order valence-corrected chi connectivity index (χ1v) is 11.0. The Balaban J connectivity index is 1.71. The van der Waals surface area contributed by atoms with Crippen LogP contribution in [-0.2, 0) is 5.41 Å². The molecule has 0 bridgehead atoms. The smallest absolute Gasteiger partial charge is 0.195 e. The van der Waals surface area contributed by atoms with E-state index in [0.717, 1.165) is 54.0 Å². The van der Waals surface area contributed by atoms with E-state index in [1.807, 2.05) is 30.3 Å². The molecule has 1 aliphatic rings. The minimum absolute atomic E-state index is 0.00822. The summed E-state index contributed by atoms with van der Waals surface area (Å²) in [6, 6.07) is 13.4. The number of hydrogen-bond donors (Lipinski definition) is 1. The Morgan fingerprint density at radius 1 is 1.16 bits per heavy atom. The predicted molar refractivity (Wildman–Crippen MR) is 123 cm³/mol. The highest BCUT2D eigenvalue weighted by molar-refractivity contribution is 6.20. The largest absolute Gasteiger partial charge is 0.493 e. The molecule has 1 aliphatic carbocycles. The highest BCUT2D eigenvalue weighted by Crippen LogP contribution is 2.47. The monoisotopic (exact) mass is 415 g/mol. The topological polar surface area (TPSA) is 69.1 Å². The molecular weight excluding hydrogens is 386 g/mol. The average Bonchev–Trinajstić information content (AvgIpc) is 3.17. The summed E-state index contributed by atoms with van der Waals surface area (Å²) < 4.78 is 6.22. The van der Waals surface area contributed by atoms with Crippen molar-refractivity contribution >= 4 is 16.7 Å². The van der Waals surface area contributed by atoms with Gasteiger partial charge in [-0.2, -0.15) is 5.26 Å². The first-order valence-electron chi connectivity index (χ1n) is 11.0. The molecule has 1 heterocycles. The summed E-state index contributed by atoms with van der Waals surface area (Å²) in [5.41, 5.74) is 4.18. The lowest BCUT2D eigenvalue weighted by molar-refractivity contribution is 0.103. The van der Waals surface area contributed by atoms with Gasteiger partial charge in [-0.1, -0.05) is 45.9 Å². The van der Waals surface area contributed by atoms with Crippen molar-refractivity contribution in [2.45, 2.75) is 39.5 Å². The summed E-state index contributed by atoms with van der Waals surface area (Å²) in [5.74, 6) is 0.784. The zero-order chi connectivity index (χ0) is 22.2. The number of nitrogens with zero attached hydrogens (tertiary/aromatic N) is 2. The summed E-state index contributed by atoms with van der Waals surface area (Å²) >= 11 is 0. The number of benzene rings is 2. The van der Waals surface area contributed by atoms with Crippen LogP contribution in [0.2, 0.25) is 0 Å². The van der Waals surface area contributed by atoms with Crippen LogP contribution in [0.15, 0.2) is 36.4 Å². The van der Waals surface area contributed by atoms with Gasteiger partial charge >= 0.3 is 0 Å². The van der Waals surface area contributed by atoms with Gasteiger partial charge in [0.25, 0.3) is 0 Å². The van der Waals surface area contributed by atoms with Gasteiger partial charge in [0.05, 0.1) is 23.8 Å². The first-order chi connectivity index (χ1) is 14.9. The molecule has 0 atom stereocenters. The van der Waals surface area contributed by atoms with Gasteiger partial charge in [-0.25, -0.2) is 0 Å². The number of carbonyl (C=O) groups excluding carboxylic acids is 1. The van der Waals surface area contributed by atoms with Crippen molar-refractivity contribution in [2.75, 3.05) is 26.2 Å². The number of H-pyrrole nitrogens is 1. The third-order valence-corrected chi connectivity index (χ3v) is 6.45. The molecule has 1 aromatic heterocycles. The Bertz CT molecular complexity index is 1180. The maximum absolute atomic E-state index is 13.5. The highest BCUT2D eigenvalue weighted by atomic mass is 16.5. The second-order valence-corrected chi connectivity index (χ2v) is 8.61. The number of fused-ring (bicyclic) bond motifs is 4. The summed E-state index contributed by atoms with van der Waals surface area (Å²) in [5, 5.41) is 10.1. The lowest BCUT2D eigenvalue weighted by Gasteiger charge is -2.33. The Morgan fingerprint density at radius 2 is 1.94 bits per heavy atom. The molecule has 3 aromatic rings. The van der Waals surface area contributed by atoms with E-state index in [1.165, 1.54) is 0 Å². The minimum atomic E-state index is -0.431. The Morgan fingerprint density at radius 3 is 2.65 bits per heavy atom. The van der Waals surface area contributed by atoms with Crippen LogP contribution < -0.4 is 4.74 Å². The molecule has 160 valence electrons. The fourth-order valence-electron chi connectivity index (χ4n) is 4.73. The molecule has 0 unspecified atom stereocenters. The van der Waals surface area contributed by atoms with Gasteiger partial charge in [0.1, 0.15) is 5.75 Å². The van der Waals surface area contributed by atoms with E-state index >= 15 is 0 Å². The molecule has 4 rings (SSSR count). The normalized spacial score (nSPS) is 14.4. The Kier molecular flexibility index (Phi) is 5.60. The molecule has 1 N–H and O–H groups in total. The lowest BCUT2D eigenvalue weighted by Crippen LogP contribution is -2.31. The number of nitrogens with one attached hydrogen (secondary N) is 1. The molecule has 5 nitrogen and oxygen atoms in total. The zero-order valence-corrected chi connectivity index (χ0v) is 18.7. The quantitative estimate of drug-likeness (QED) is 0.550. The van der Waals surface area contributed by atoms with Gasteiger partial charge in [0, 0.05) is 39.7 Å². The summed E-state index contributed by atoms with van der Waals surface area (Å²) in [6.07, 6.45) is 0.939. The van der Waals surface area contributed by atoms with Crippen LogP contribution in [0.25, 0.3) is 10.9 Å². The van der Waals surface area contributed by atoms with Crippen LogP contribution >= 0.6 is 0 Å². The molecule has 0 fully saturated rings. The number of aromatic amines is 1. The highest BCUT2D eigenvalue weighted by Gasteiger charge is 2.41. The number of carbonyl (C=O) groups is 1. The number of ether oxygens (including phenoxy) is 1. The van der Waals surface area contributed by atoms with Crippen molar-refractivity contribution in [2.24, 2.45) is 0 Å². The third-order valence-electron chi connectivity index (χ3n) is 6.45. The van der Waals surface area contributed by atoms with Gasteiger partial charge in [-0.05, 0) is 37.7 Å². The van der Waals surface area contributed by atoms with Gasteiger partial charge < -0.3 is 14.6 Å². The molecule has 2 aromatic carbocycles. The van der Waals surface area contributed by atoms with Crippen LogP contribution in [0.1, 0.15) is 66.9 Å². The molecule has 0 spiro atoms. The summed E-state index contributed by atoms with van der Waals surface area (Å²) in [6.45, 7) is 12.3. The second-order valence-electron chi connectivity index (χ2n) is 8.61. The van der Waals surface area contributed by atoms with Gasteiger partial charge in [-0.3, -0.25) is 4.79 Å². The van der Waals surface area contributed by atoms with E-state index in [0.29, 0.717) is 23.3 Å². The molecule has 31 heavy (non-hydrogen) atoms. The van der Waals surface area contributed by atoms with Crippen LogP contribution in [0.3, 0.4) is 0 Å². The van der Waals surface area contributed by atoms with Crippen molar-refractivity contribution in [3.05, 3.63) is 64.3 Å². The fourth-order valence-corrected chi connectivity index (χ4v) is 4.73. The van der Waals surface area contributed by atoms with Crippen molar-refractivity contribution in [1.82, 2.24) is 9.88 Å². The van der Waals surface area contributed by atoms with E-state index in [-0.39, 0.29) is 5.78 Å². The number of rotatable bonds is 7. The lowest BCUT2D eigenvalue weighted by atomic mass is 9.71. The van der Waals surface area contributed by atoms with E-state index in [1.54, 1.807) is 6.07 Å². The number of nitriles is 1. The van der Waals surface area contributed by atoms with Crippen LogP contribution in [-0.4, -0.2) is 41.9 Å². The van der Waals surface area contributed by atoms with Gasteiger partial charge in [0.15, 0.2) is 5.78 Å². The van der Waals surface area contributed by atoms with Crippen molar-refractivity contribution in [3.63, 3.8) is 0 Å². The van der Waals surface area contributed by atoms with Crippen LogP contribution in [0.5, 0.6) is 5.75 Å². The number of aromatic nitrogens is 1. The molecule has 0 aliphatic heterocycles. The van der Waals surface area contributed by atoms with Crippen molar-refractivity contribution < 1.29 is 9.53 Å². The van der Waals surface area contributed by atoms with E-state index in [9.17, 15) is 10.1 Å². The van der Waals surface area contributed by atoms with Crippen molar-refractivity contribution in [3.8, 4) is 11.8 Å². The van der Waals surface area contributed by atoms with E-state index in [4.69, 9.17) is 4.74 Å². The standard InChI is InChI=1S/C26H29N3O2/c1-5-29(6-2)13-8-14-31-21-10-7-9-19-23(21)26(3,4)25-22(24(19)30)18-12-11-17(16-27)15-20(18)28-25/h7,9-12,15,28H,5-6,8,13-14H2,1-4H3. The summed E-state index contributed by atoms with van der Waals surface area (Å²) in [4.78, 5) is 19.3. The molecule has 5 heteroatoms. The summed E-state index contributed by atoms with van der Waals surface area (Å²) in [7, 11) is 0. The Hall–Kier alpha value is -3.10. The van der Waals surface area contributed by atoms with Crippen LogP contribution in [0, 0.1) is 11.3 Å². The maximum Gasteiger partial charge on any atom is 0.195 e. The minimum Gasteiger partial charge on any atom is -0.493 e. The predicted octanol–water partition coefficient (Wildman–Crippen LogP) is 5.02. The molecule has 0 amide bonds. The van der Waals surface area contributed by atoms with Gasteiger partial charge in [-0.15, -0.1) is 0 Å².